The molecule has 6 nitrogen and oxygen atoms in total. The van der Waals surface area contributed by atoms with Gasteiger partial charge in [0.25, 0.3) is 0 Å². The third kappa shape index (κ3) is 2.34. The molecule has 0 spiro atoms. The molecule has 0 fully saturated rings. The van der Waals surface area contributed by atoms with Gasteiger partial charge in [-0.2, -0.15) is 0 Å². The minimum absolute atomic E-state index is 0.276. The number of carboxylic acids is 1. The highest BCUT2D eigenvalue weighted by Crippen LogP contribution is 2.17. The molecular formula is C11H6FNO5. The van der Waals surface area contributed by atoms with Gasteiger partial charge < -0.3 is 14.4 Å². The van der Waals surface area contributed by atoms with Gasteiger partial charge in [0.05, 0.1) is 0 Å². The van der Waals surface area contributed by atoms with Crippen LogP contribution in [0.25, 0.3) is 0 Å². The van der Waals surface area contributed by atoms with Gasteiger partial charge in [-0.05, 0) is 12.1 Å². The summed E-state index contributed by atoms with van der Waals surface area (Å²) in [5.74, 6) is -3.87. The highest BCUT2D eigenvalue weighted by molar-refractivity contribution is 5.92. The fourth-order valence-corrected chi connectivity index (χ4v) is 1.15. The number of aromatic nitrogens is 1. The van der Waals surface area contributed by atoms with Crippen molar-refractivity contribution in [3.8, 4) is 5.75 Å². The Morgan fingerprint density at radius 3 is 2.67 bits per heavy atom. The number of para-hydroxylation sites is 1. The van der Waals surface area contributed by atoms with Crippen molar-refractivity contribution >= 4 is 11.9 Å². The van der Waals surface area contributed by atoms with Crippen LogP contribution in [-0.2, 0) is 0 Å². The number of esters is 1. The van der Waals surface area contributed by atoms with E-state index >= 15 is 0 Å². The second kappa shape index (κ2) is 4.66. The number of benzene rings is 1. The van der Waals surface area contributed by atoms with E-state index in [1.165, 1.54) is 18.2 Å². The van der Waals surface area contributed by atoms with Crippen LogP contribution < -0.4 is 4.74 Å². The van der Waals surface area contributed by atoms with Gasteiger partial charge in [0.2, 0.25) is 5.76 Å². The summed E-state index contributed by atoms with van der Waals surface area (Å²) in [4.78, 5) is 22.0. The first-order chi connectivity index (χ1) is 8.58. The molecule has 0 bridgehead atoms. The number of hydrogen-bond acceptors (Lipinski definition) is 5. The number of carboxylic acid groups (broad SMARTS) is 1. The Bertz CT molecular complexity index is 607. The summed E-state index contributed by atoms with van der Waals surface area (Å²) in [5, 5.41) is 11.8. The third-order valence-corrected chi connectivity index (χ3v) is 1.97. The molecule has 1 aromatic carbocycles. The van der Waals surface area contributed by atoms with Crippen molar-refractivity contribution in [1.29, 1.82) is 0 Å². The minimum Gasteiger partial charge on any atom is -0.475 e. The number of carbonyl (C=O) groups is 2. The zero-order valence-electron chi connectivity index (χ0n) is 8.79. The second-order valence-electron chi connectivity index (χ2n) is 3.20. The summed E-state index contributed by atoms with van der Waals surface area (Å²) in [7, 11) is 0. The summed E-state index contributed by atoms with van der Waals surface area (Å²) in [6, 6.07) is 6.19. The van der Waals surface area contributed by atoms with Gasteiger partial charge in [-0.1, -0.05) is 17.3 Å². The molecule has 2 aromatic rings. The lowest BCUT2D eigenvalue weighted by Crippen LogP contribution is -2.09. The van der Waals surface area contributed by atoms with E-state index in [0.29, 0.717) is 0 Å². The molecule has 0 saturated carbocycles. The van der Waals surface area contributed by atoms with E-state index in [-0.39, 0.29) is 11.4 Å². The first kappa shape index (κ1) is 11.8. The second-order valence-corrected chi connectivity index (χ2v) is 3.20. The zero-order valence-corrected chi connectivity index (χ0v) is 8.79. The molecule has 1 N–H and O–H groups in total. The van der Waals surface area contributed by atoms with Crippen molar-refractivity contribution in [2.24, 2.45) is 0 Å². The van der Waals surface area contributed by atoms with Gasteiger partial charge in [-0.25, -0.2) is 14.0 Å². The van der Waals surface area contributed by atoms with E-state index < -0.39 is 23.5 Å². The van der Waals surface area contributed by atoms with Crippen molar-refractivity contribution in [3.05, 3.63) is 47.6 Å². The SMILES string of the molecule is O=C(Oc1ccccc1F)c1cc(C(=O)O)on1. The zero-order chi connectivity index (χ0) is 13.1. The van der Waals surface area contributed by atoms with Crippen molar-refractivity contribution in [2.75, 3.05) is 0 Å². The van der Waals surface area contributed by atoms with Gasteiger partial charge in [0.1, 0.15) is 0 Å². The topological polar surface area (TPSA) is 89.6 Å². The van der Waals surface area contributed by atoms with Crippen LogP contribution in [0.3, 0.4) is 0 Å². The maximum absolute atomic E-state index is 13.2. The molecule has 1 heterocycles. The summed E-state index contributed by atoms with van der Waals surface area (Å²) in [6.07, 6.45) is 0. The van der Waals surface area contributed by atoms with Crippen LogP contribution in [0.1, 0.15) is 21.0 Å². The van der Waals surface area contributed by atoms with Crippen molar-refractivity contribution in [2.45, 2.75) is 0 Å². The number of ether oxygens (including phenoxy) is 1. The summed E-state index contributed by atoms with van der Waals surface area (Å²) in [6.45, 7) is 0. The van der Waals surface area contributed by atoms with Crippen LogP contribution >= 0.6 is 0 Å². The summed E-state index contributed by atoms with van der Waals surface area (Å²) < 4.78 is 22.2. The number of nitrogens with zero attached hydrogens (tertiary/aromatic N) is 1. The van der Waals surface area contributed by atoms with E-state index in [1.807, 2.05) is 0 Å². The Labute approximate surface area is 99.6 Å². The molecule has 0 aliphatic rings. The number of carbonyl (C=O) groups excluding carboxylic acids is 1. The number of hydrogen-bond donors (Lipinski definition) is 1. The van der Waals surface area contributed by atoms with Gasteiger partial charge in [-0.15, -0.1) is 0 Å². The van der Waals surface area contributed by atoms with E-state index in [1.54, 1.807) is 0 Å². The minimum atomic E-state index is -1.37. The molecule has 18 heavy (non-hydrogen) atoms. The largest absolute Gasteiger partial charge is 0.475 e. The number of rotatable bonds is 3. The van der Waals surface area contributed by atoms with Crippen LogP contribution in [0.15, 0.2) is 34.9 Å². The molecular weight excluding hydrogens is 245 g/mol. The Kier molecular flexibility index (Phi) is 3.05. The van der Waals surface area contributed by atoms with E-state index in [4.69, 9.17) is 9.84 Å². The first-order valence-electron chi connectivity index (χ1n) is 4.74. The fraction of sp³-hybridized carbons (Fsp3) is 0. The monoisotopic (exact) mass is 251 g/mol. The molecule has 0 radical (unpaired) electrons. The smallest absolute Gasteiger partial charge is 0.374 e. The highest BCUT2D eigenvalue weighted by atomic mass is 19.1. The van der Waals surface area contributed by atoms with Crippen molar-refractivity contribution in [1.82, 2.24) is 5.16 Å². The average Bonchev–Trinajstić information content (AvgIpc) is 2.81. The Balaban J connectivity index is 2.17. The molecule has 0 atom stereocenters. The number of aromatic carboxylic acids is 1. The van der Waals surface area contributed by atoms with E-state index in [0.717, 1.165) is 12.1 Å². The Hall–Kier alpha value is -2.70. The molecule has 0 amide bonds. The molecule has 92 valence electrons. The van der Waals surface area contributed by atoms with Crippen LogP contribution in [0.4, 0.5) is 4.39 Å². The lowest BCUT2D eigenvalue weighted by Gasteiger charge is -2.01. The quantitative estimate of drug-likeness (QED) is 0.660. The van der Waals surface area contributed by atoms with Crippen LogP contribution in [0.2, 0.25) is 0 Å². The highest BCUT2D eigenvalue weighted by Gasteiger charge is 2.19. The Morgan fingerprint density at radius 1 is 1.33 bits per heavy atom. The maximum Gasteiger partial charge on any atom is 0.374 e. The van der Waals surface area contributed by atoms with E-state index in [9.17, 15) is 14.0 Å². The molecule has 0 saturated heterocycles. The van der Waals surface area contributed by atoms with Crippen LogP contribution in [0.5, 0.6) is 5.75 Å². The van der Waals surface area contributed by atoms with Crippen molar-refractivity contribution < 1.29 is 28.3 Å². The molecule has 1 aromatic heterocycles. The predicted octanol–water partition coefficient (Wildman–Crippen LogP) is 1.73. The Morgan fingerprint density at radius 2 is 2.06 bits per heavy atom. The average molecular weight is 251 g/mol. The fourth-order valence-electron chi connectivity index (χ4n) is 1.15. The first-order valence-corrected chi connectivity index (χ1v) is 4.74. The predicted molar refractivity (Wildman–Crippen MR) is 54.8 cm³/mol. The van der Waals surface area contributed by atoms with Crippen LogP contribution in [0, 0.1) is 5.82 Å². The van der Waals surface area contributed by atoms with Gasteiger partial charge in [-0.3, -0.25) is 0 Å². The standard InChI is InChI=1S/C11H6FNO5/c12-6-3-1-2-4-8(6)17-11(16)7-5-9(10(14)15)18-13-7/h1-5H,(H,14,15). The molecule has 2 rings (SSSR count). The van der Waals surface area contributed by atoms with Crippen molar-refractivity contribution in [3.63, 3.8) is 0 Å². The number of halogens is 1. The molecule has 0 aliphatic heterocycles. The van der Waals surface area contributed by atoms with Gasteiger partial charge in [0, 0.05) is 6.07 Å². The third-order valence-electron chi connectivity index (χ3n) is 1.97. The normalized spacial score (nSPS) is 10.1. The van der Waals surface area contributed by atoms with Gasteiger partial charge >= 0.3 is 11.9 Å². The summed E-state index contributed by atoms with van der Waals surface area (Å²) in [5.41, 5.74) is -0.351. The molecule has 0 unspecified atom stereocenters. The maximum atomic E-state index is 13.2. The summed E-state index contributed by atoms with van der Waals surface area (Å²) >= 11 is 0. The lowest BCUT2D eigenvalue weighted by atomic mass is 10.3. The van der Waals surface area contributed by atoms with Crippen LogP contribution in [-0.4, -0.2) is 22.2 Å². The van der Waals surface area contributed by atoms with E-state index in [2.05, 4.69) is 9.68 Å². The van der Waals surface area contributed by atoms with Gasteiger partial charge in [0.15, 0.2) is 17.3 Å². The molecule has 0 aliphatic carbocycles. The lowest BCUT2D eigenvalue weighted by molar-refractivity contribution is 0.0646. The molecule has 7 heteroatoms.